The summed E-state index contributed by atoms with van der Waals surface area (Å²) in [5.41, 5.74) is 1.38. The van der Waals surface area contributed by atoms with Gasteiger partial charge in [0.05, 0.1) is 16.6 Å². The Labute approximate surface area is 178 Å². The van der Waals surface area contributed by atoms with Gasteiger partial charge in [0, 0.05) is 20.4 Å². The highest BCUT2D eigenvalue weighted by molar-refractivity contribution is 9.10. The summed E-state index contributed by atoms with van der Waals surface area (Å²) in [6.07, 6.45) is 0. The van der Waals surface area contributed by atoms with Crippen LogP contribution in [0.1, 0.15) is 17.8 Å². The molecule has 0 unspecified atom stereocenters. The second kappa shape index (κ2) is 8.03. The van der Waals surface area contributed by atoms with Gasteiger partial charge < -0.3 is 10.6 Å². The highest BCUT2D eigenvalue weighted by Gasteiger charge is 2.14. The molecular weight excluding hydrogens is 463 g/mol. The van der Waals surface area contributed by atoms with Gasteiger partial charge >= 0.3 is 0 Å². The van der Waals surface area contributed by atoms with Crippen LogP contribution in [0.3, 0.4) is 0 Å². The van der Waals surface area contributed by atoms with E-state index in [4.69, 9.17) is 11.6 Å². The Bertz CT molecular complexity index is 1140. The first kappa shape index (κ1) is 19.1. The van der Waals surface area contributed by atoms with E-state index in [0.717, 1.165) is 15.4 Å². The number of halogens is 3. The molecule has 0 radical (unpaired) electrons. The number of fused-ring (bicyclic) bond motifs is 1. The maximum absolute atomic E-state index is 13.4. The number of rotatable bonds is 5. The van der Waals surface area contributed by atoms with E-state index in [1.165, 1.54) is 17.0 Å². The fourth-order valence-corrected chi connectivity index (χ4v) is 4.17. The molecule has 142 valence electrons. The van der Waals surface area contributed by atoms with Crippen molar-refractivity contribution in [1.29, 1.82) is 0 Å². The summed E-state index contributed by atoms with van der Waals surface area (Å²) in [5.74, 6) is 0.632. The molecule has 0 saturated carbocycles. The molecule has 2 aromatic carbocycles. The Morgan fingerprint density at radius 3 is 2.75 bits per heavy atom. The standard InChI is InChI=1S/C20H15BrClFN4S/c1-11(17-6-3-9-28-17)24-19-13-4-2-5-14(21)18(13)26-20(27-19)25-12-7-8-16(23)15(22)10-12/h2-11H,1H3,(H2,24,25,26,27)/t11-/m1/s1. The Morgan fingerprint density at radius 2 is 2.00 bits per heavy atom. The Hall–Kier alpha value is -2.22. The molecule has 2 N–H and O–H groups in total. The number of hydrogen-bond donors (Lipinski definition) is 2. The Morgan fingerprint density at radius 1 is 1.14 bits per heavy atom. The molecule has 0 aliphatic rings. The molecule has 4 nitrogen and oxygen atoms in total. The van der Waals surface area contributed by atoms with Gasteiger partial charge in [0.25, 0.3) is 0 Å². The smallest absolute Gasteiger partial charge is 0.229 e. The van der Waals surface area contributed by atoms with Crippen LogP contribution in [0.4, 0.5) is 21.8 Å². The van der Waals surface area contributed by atoms with Gasteiger partial charge in [-0.25, -0.2) is 9.37 Å². The lowest BCUT2D eigenvalue weighted by Crippen LogP contribution is -2.09. The van der Waals surface area contributed by atoms with Crippen molar-refractivity contribution < 1.29 is 4.39 Å². The average Bonchev–Trinajstić information content (AvgIpc) is 3.21. The van der Waals surface area contributed by atoms with Crippen LogP contribution in [-0.2, 0) is 0 Å². The molecule has 1 atom stereocenters. The predicted molar refractivity (Wildman–Crippen MR) is 118 cm³/mol. The summed E-state index contributed by atoms with van der Waals surface area (Å²) < 4.78 is 14.3. The molecule has 2 heterocycles. The zero-order valence-corrected chi connectivity index (χ0v) is 17.9. The molecule has 0 bridgehead atoms. The van der Waals surface area contributed by atoms with Gasteiger partial charge in [-0.05, 0) is 64.6 Å². The molecule has 4 aromatic rings. The lowest BCUT2D eigenvalue weighted by Gasteiger charge is -2.16. The van der Waals surface area contributed by atoms with Gasteiger partial charge in [0.1, 0.15) is 11.6 Å². The minimum absolute atomic E-state index is 0.0386. The maximum atomic E-state index is 13.4. The van der Waals surface area contributed by atoms with Crippen LogP contribution in [0, 0.1) is 5.82 Å². The van der Waals surface area contributed by atoms with Crippen LogP contribution in [0.25, 0.3) is 10.9 Å². The van der Waals surface area contributed by atoms with Gasteiger partial charge in [0.2, 0.25) is 5.95 Å². The van der Waals surface area contributed by atoms with Gasteiger partial charge in [-0.3, -0.25) is 0 Å². The van der Waals surface area contributed by atoms with Crippen molar-refractivity contribution in [2.24, 2.45) is 0 Å². The van der Waals surface area contributed by atoms with Crippen LogP contribution in [0.15, 0.2) is 58.4 Å². The normalized spacial score (nSPS) is 12.1. The topological polar surface area (TPSA) is 49.8 Å². The summed E-state index contributed by atoms with van der Waals surface area (Å²) in [5, 5.41) is 9.57. The summed E-state index contributed by atoms with van der Waals surface area (Å²) in [6, 6.07) is 14.5. The predicted octanol–water partition coefficient (Wildman–Crippen LogP) is 7.16. The fraction of sp³-hybridized carbons (Fsp3) is 0.100. The van der Waals surface area contributed by atoms with Crippen molar-refractivity contribution in [2.75, 3.05) is 10.6 Å². The molecule has 28 heavy (non-hydrogen) atoms. The summed E-state index contributed by atoms with van der Waals surface area (Å²) >= 11 is 11.1. The largest absolute Gasteiger partial charge is 0.362 e. The van der Waals surface area contributed by atoms with Crippen LogP contribution >= 0.6 is 38.9 Å². The second-order valence-electron chi connectivity index (χ2n) is 6.17. The van der Waals surface area contributed by atoms with E-state index in [2.05, 4.69) is 49.5 Å². The van der Waals surface area contributed by atoms with Gasteiger partial charge in [-0.1, -0.05) is 23.7 Å². The van der Waals surface area contributed by atoms with Crippen LogP contribution < -0.4 is 10.6 Å². The lowest BCUT2D eigenvalue weighted by molar-refractivity contribution is 0.628. The number of nitrogens with one attached hydrogen (secondary N) is 2. The summed E-state index contributed by atoms with van der Waals surface area (Å²) in [6.45, 7) is 2.09. The van der Waals surface area contributed by atoms with E-state index < -0.39 is 5.82 Å². The van der Waals surface area contributed by atoms with E-state index in [1.807, 2.05) is 29.6 Å². The minimum Gasteiger partial charge on any atom is -0.362 e. The van der Waals surface area contributed by atoms with Crippen LogP contribution in [-0.4, -0.2) is 9.97 Å². The number of anilines is 3. The quantitative estimate of drug-likeness (QED) is 0.320. The average molecular weight is 478 g/mol. The molecule has 0 amide bonds. The number of hydrogen-bond acceptors (Lipinski definition) is 5. The number of benzene rings is 2. The van der Waals surface area contributed by atoms with Gasteiger partial charge in [0.15, 0.2) is 0 Å². The molecule has 0 spiro atoms. The molecule has 4 rings (SSSR count). The zero-order chi connectivity index (χ0) is 19.7. The fourth-order valence-electron chi connectivity index (χ4n) is 2.80. The van der Waals surface area contributed by atoms with Crippen molar-refractivity contribution in [1.82, 2.24) is 9.97 Å². The van der Waals surface area contributed by atoms with Crippen molar-refractivity contribution in [3.63, 3.8) is 0 Å². The van der Waals surface area contributed by atoms with Crippen LogP contribution in [0.2, 0.25) is 5.02 Å². The van der Waals surface area contributed by atoms with Crippen molar-refractivity contribution in [2.45, 2.75) is 13.0 Å². The van der Waals surface area contributed by atoms with E-state index in [9.17, 15) is 4.39 Å². The monoisotopic (exact) mass is 476 g/mol. The lowest BCUT2D eigenvalue weighted by atomic mass is 10.2. The first-order chi connectivity index (χ1) is 13.5. The number of aromatic nitrogens is 2. The highest BCUT2D eigenvalue weighted by Crippen LogP contribution is 2.32. The SMILES string of the molecule is C[C@@H](Nc1nc(Nc2ccc(F)c(Cl)c2)nc2c(Br)cccc12)c1cccs1. The molecule has 8 heteroatoms. The van der Waals surface area contributed by atoms with E-state index in [0.29, 0.717) is 17.5 Å². The summed E-state index contributed by atoms with van der Waals surface area (Å²) in [7, 11) is 0. The Balaban J connectivity index is 1.74. The molecular formula is C20H15BrClFN4S. The van der Waals surface area contributed by atoms with Crippen molar-refractivity contribution in [3.8, 4) is 0 Å². The molecule has 0 aliphatic carbocycles. The third kappa shape index (κ3) is 3.97. The third-order valence-corrected chi connectivity index (χ3v) is 6.16. The van der Waals surface area contributed by atoms with E-state index in [-0.39, 0.29) is 11.1 Å². The van der Waals surface area contributed by atoms with Crippen molar-refractivity contribution >= 4 is 67.2 Å². The maximum Gasteiger partial charge on any atom is 0.229 e. The molecule has 0 fully saturated rings. The first-order valence-corrected chi connectivity index (χ1v) is 10.5. The molecule has 0 saturated heterocycles. The van der Waals surface area contributed by atoms with Gasteiger partial charge in [-0.2, -0.15) is 4.98 Å². The second-order valence-corrected chi connectivity index (χ2v) is 8.41. The van der Waals surface area contributed by atoms with E-state index in [1.54, 1.807) is 17.4 Å². The number of para-hydroxylation sites is 1. The Kier molecular flexibility index (Phi) is 5.48. The molecule has 0 aliphatic heterocycles. The number of nitrogens with zero attached hydrogens (tertiary/aromatic N) is 2. The van der Waals surface area contributed by atoms with Crippen LogP contribution in [0.5, 0.6) is 0 Å². The summed E-state index contributed by atoms with van der Waals surface area (Å²) in [4.78, 5) is 10.5. The highest BCUT2D eigenvalue weighted by atomic mass is 79.9. The van der Waals surface area contributed by atoms with Gasteiger partial charge in [-0.15, -0.1) is 11.3 Å². The van der Waals surface area contributed by atoms with E-state index >= 15 is 0 Å². The number of thiophene rings is 1. The molecule has 2 aromatic heterocycles. The minimum atomic E-state index is -0.471. The van der Waals surface area contributed by atoms with Crippen molar-refractivity contribution in [3.05, 3.63) is 74.1 Å². The third-order valence-electron chi connectivity index (χ3n) is 4.18. The zero-order valence-electron chi connectivity index (χ0n) is 14.7. The first-order valence-electron chi connectivity index (χ1n) is 8.49.